The van der Waals surface area contributed by atoms with Crippen LogP contribution in [-0.4, -0.2) is 25.1 Å². The molecule has 0 fully saturated rings. The molecule has 0 spiro atoms. The van der Waals surface area contributed by atoms with E-state index in [0.29, 0.717) is 23.0 Å². The third kappa shape index (κ3) is 2.66. The molecule has 0 atom stereocenters. The fourth-order valence-corrected chi connectivity index (χ4v) is 2.47. The highest BCUT2D eigenvalue weighted by Crippen LogP contribution is 2.24. The molecule has 25 heavy (non-hydrogen) atoms. The summed E-state index contributed by atoms with van der Waals surface area (Å²) in [5.74, 6) is 0.743. The molecule has 4 aromatic rings. The second-order valence-electron chi connectivity index (χ2n) is 5.38. The van der Waals surface area contributed by atoms with E-state index in [4.69, 9.17) is 9.78 Å². The lowest BCUT2D eigenvalue weighted by molar-refractivity contribution is 0.432. The summed E-state index contributed by atoms with van der Waals surface area (Å²) in [7, 11) is 0. The van der Waals surface area contributed by atoms with Crippen molar-refractivity contribution in [2.45, 2.75) is 6.92 Å². The van der Waals surface area contributed by atoms with Crippen molar-refractivity contribution in [1.29, 1.82) is 5.26 Å². The Bertz CT molecular complexity index is 1060. The van der Waals surface area contributed by atoms with Gasteiger partial charge in [-0.05, 0) is 43.3 Å². The smallest absolute Gasteiger partial charge is 0.258 e. The third-order valence-electron chi connectivity index (χ3n) is 3.79. The Kier molecular flexibility index (Phi) is 3.56. The molecule has 0 unspecified atom stereocenters. The number of hydrogen-bond acceptors (Lipinski definition) is 6. The van der Waals surface area contributed by atoms with Crippen molar-refractivity contribution in [2.75, 3.05) is 0 Å². The minimum Gasteiger partial charge on any atom is -0.334 e. The maximum atomic E-state index is 8.86. The van der Waals surface area contributed by atoms with Gasteiger partial charge in [0.25, 0.3) is 5.89 Å². The topological polar surface area (TPSA) is 93.4 Å². The van der Waals surface area contributed by atoms with E-state index in [1.165, 1.54) is 0 Å². The molecule has 120 valence electrons. The summed E-state index contributed by atoms with van der Waals surface area (Å²) in [4.78, 5) is 4.40. The van der Waals surface area contributed by atoms with Gasteiger partial charge < -0.3 is 4.52 Å². The molecule has 7 heteroatoms. The molecule has 2 aromatic carbocycles. The van der Waals surface area contributed by atoms with Crippen molar-refractivity contribution < 1.29 is 4.52 Å². The maximum absolute atomic E-state index is 8.86. The second kappa shape index (κ2) is 6.02. The highest BCUT2D eigenvalue weighted by atomic mass is 16.5. The average molecular weight is 328 g/mol. The standard InChI is InChI=1S/C18H12N6O/c1-12-16(21-23-24(12)15-5-3-2-4-6-15)17-20-18(25-22-17)14-9-7-13(11-19)8-10-14/h2-10H,1H3. The quantitative estimate of drug-likeness (QED) is 0.573. The van der Waals surface area contributed by atoms with Gasteiger partial charge in [-0.25, -0.2) is 4.68 Å². The number of nitrogens with zero attached hydrogens (tertiary/aromatic N) is 6. The van der Waals surface area contributed by atoms with Gasteiger partial charge in [-0.1, -0.05) is 28.6 Å². The Morgan fingerprint density at radius 2 is 1.80 bits per heavy atom. The van der Waals surface area contributed by atoms with Crippen molar-refractivity contribution in [2.24, 2.45) is 0 Å². The predicted octanol–water partition coefficient (Wildman–Crippen LogP) is 3.16. The van der Waals surface area contributed by atoms with Crippen LogP contribution in [0.2, 0.25) is 0 Å². The number of rotatable bonds is 3. The van der Waals surface area contributed by atoms with Gasteiger partial charge in [-0.3, -0.25) is 0 Å². The van der Waals surface area contributed by atoms with E-state index in [2.05, 4.69) is 26.5 Å². The third-order valence-corrected chi connectivity index (χ3v) is 3.79. The number of benzene rings is 2. The summed E-state index contributed by atoms with van der Waals surface area (Å²) in [6.07, 6.45) is 0. The minimum absolute atomic E-state index is 0.369. The summed E-state index contributed by atoms with van der Waals surface area (Å²) in [5, 5.41) is 21.2. The zero-order valence-electron chi connectivity index (χ0n) is 13.3. The number of para-hydroxylation sites is 1. The van der Waals surface area contributed by atoms with E-state index in [-0.39, 0.29) is 0 Å². The van der Waals surface area contributed by atoms with E-state index in [0.717, 1.165) is 16.9 Å². The lowest BCUT2D eigenvalue weighted by Gasteiger charge is -2.01. The number of nitriles is 1. The molecule has 0 radical (unpaired) electrons. The molecule has 0 saturated carbocycles. The van der Waals surface area contributed by atoms with Crippen LogP contribution >= 0.6 is 0 Å². The van der Waals surface area contributed by atoms with Gasteiger partial charge in [0.15, 0.2) is 5.69 Å². The molecule has 0 amide bonds. The Labute approximate surface area is 143 Å². The lowest BCUT2D eigenvalue weighted by Crippen LogP contribution is -1.98. The Hall–Kier alpha value is -3.79. The van der Waals surface area contributed by atoms with Gasteiger partial charge in [-0.2, -0.15) is 10.2 Å². The summed E-state index contributed by atoms with van der Waals surface area (Å²) in [6.45, 7) is 1.90. The average Bonchev–Trinajstić information content (AvgIpc) is 3.29. The number of aromatic nitrogens is 5. The summed E-state index contributed by atoms with van der Waals surface area (Å²) < 4.78 is 7.06. The fraction of sp³-hybridized carbons (Fsp3) is 0.0556. The molecule has 0 bridgehead atoms. The first kappa shape index (κ1) is 14.8. The van der Waals surface area contributed by atoms with E-state index in [1.54, 1.807) is 28.9 Å². The molecular formula is C18H12N6O. The molecule has 7 nitrogen and oxygen atoms in total. The van der Waals surface area contributed by atoms with Gasteiger partial charge in [0, 0.05) is 5.56 Å². The van der Waals surface area contributed by atoms with Crippen molar-refractivity contribution >= 4 is 0 Å². The molecular weight excluding hydrogens is 316 g/mol. The summed E-state index contributed by atoms with van der Waals surface area (Å²) in [5.41, 5.74) is 3.61. The van der Waals surface area contributed by atoms with E-state index in [9.17, 15) is 0 Å². The van der Waals surface area contributed by atoms with Crippen molar-refractivity contribution in [3.05, 3.63) is 65.9 Å². The van der Waals surface area contributed by atoms with Crippen LogP contribution in [0.5, 0.6) is 0 Å². The fourth-order valence-electron chi connectivity index (χ4n) is 2.47. The van der Waals surface area contributed by atoms with Gasteiger partial charge >= 0.3 is 0 Å². The minimum atomic E-state index is 0.369. The molecule has 2 aromatic heterocycles. The van der Waals surface area contributed by atoms with Gasteiger partial charge in [0.05, 0.1) is 23.0 Å². The highest BCUT2D eigenvalue weighted by molar-refractivity contribution is 5.59. The predicted molar refractivity (Wildman–Crippen MR) is 89.5 cm³/mol. The Balaban J connectivity index is 1.69. The molecule has 0 aliphatic carbocycles. The molecule has 0 aliphatic rings. The number of hydrogen-bond donors (Lipinski definition) is 0. The molecule has 0 aliphatic heterocycles. The SMILES string of the molecule is Cc1c(-c2noc(-c3ccc(C#N)cc3)n2)nnn1-c1ccccc1. The van der Waals surface area contributed by atoms with E-state index >= 15 is 0 Å². The van der Waals surface area contributed by atoms with Crippen LogP contribution in [0.15, 0.2) is 59.1 Å². The molecule has 2 heterocycles. The zero-order chi connectivity index (χ0) is 17.2. The first-order valence-electron chi connectivity index (χ1n) is 7.58. The highest BCUT2D eigenvalue weighted by Gasteiger charge is 2.18. The summed E-state index contributed by atoms with van der Waals surface area (Å²) in [6, 6.07) is 18.7. The second-order valence-corrected chi connectivity index (χ2v) is 5.38. The van der Waals surface area contributed by atoms with Crippen LogP contribution < -0.4 is 0 Å². The van der Waals surface area contributed by atoms with Gasteiger partial charge in [0.2, 0.25) is 5.82 Å². The maximum Gasteiger partial charge on any atom is 0.258 e. The van der Waals surface area contributed by atoms with E-state index in [1.807, 2.05) is 37.3 Å². The molecule has 4 rings (SSSR count). The summed E-state index contributed by atoms with van der Waals surface area (Å²) >= 11 is 0. The van der Waals surface area contributed by atoms with Crippen LogP contribution in [0.1, 0.15) is 11.3 Å². The largest absolute Gasteiger partial charge is 0.334 e. The van der Waals surface area contributed by atoms with Crippen LogP contribution in [0.4, 0.5) is 0 Å². The zero-order valence-corrected chi connectivity index (χ0v) is 13.3. The molecule has 0 N–H and O–H groups in total. The van der Waals surface area contributed by atoms with Crippen molar-refractivity contribution in [1.82, 2.24) is 25.1 Å². The van der Waals surface area contributed by atoms with Gasteiger partial charge in [0.1, 0.15) is 0 Å². The van der Waals surface area contributed by atoms with Crippen molar-refractivity contribution in [3.8, 4) is 34.7 Å². The normalized spacial score (nSPS) is 10.6. The van der Waals surface area contributed by atoms with Crippen LogP contribution in [0.3, 0.4) is 0 Å². The Morgan fingerprint density at radius 3 is 2.52 bits per heavy atom. The van der Waals surface area contributed by atoms with Gasteiger partial charge in [-0.15, -0.1) is 5.10 Å². The van der Waals surface area contributed by atoms with Crippen LogP contribution in [0.25, 0.3) is 28.7 Å². The van der Waals surface area contributed by atoms with Crippen LogP contribution in [0, 0.1) is 18.3 Å². The lowest BCUT2D eigenvalue weighted by atomic mass is 10.1. The van der Waals surface area contributed by atoms with Crippen molar-refractivity contribution in [3.63, 3.8) is 0 Å². The van der Waals surface area contributed by atoms with Crippen LogP contribution in [-0.2, 0) is 0 Å². The first-order chi connectivity index (χ1) is 12.3. The first-order valence-corrected chi connectivity index (χ1v) is 7.58. The van der Waals surface area contributed by atoms with E-state index < -0.39 is 0 Å². The molecule has 0 saturated heterocycles. The Morgan fingerprint density at radius 1 is 1.04 bits per heavy atom. The monoisotopic (exact) mass is 328 g/mol.